The number of aromatic nitrogens is 1. The van der Waals surface area contributed by atoms with Crippen LogP contribution in [0.25, 0.3) is 0 Å². The molecular weight excluding hydrogens is 323 g/mol. The number of hydrogen-bond acceptors (Lipinski definition) is 4. The highest BCUT2D eigenvalue weighted by molar-refractivity contribution is 6.31. The summed E-state index contributed by atoms with van der Waals surface area (Å²) in [7, 11) is 1.37. The van der Waals surface area contributed by atoms with Crippen molar-refractivity contribution in [2.75, 3.05) is 7.11 Å². The largest absolute Gasteiger partial charge is 0.496 e. The van der Waals surface area contributed by atoms with E-state index in [2.05, 4.69) is 4.98 Å². The number of methoxy groups -OCH3 is 1. The summed E-state index contributed by atoms with van der Waals surface area (Å²) in [5.74, 6) is 0.294. The Labute approximate surface area is 128 Å². The van der Waals surface area contributed by atoms with Crippen LogP contribution in [0.15, 0.2) is 30.5 Å². The van der Waals surface area contributed by atoms with Crippen molar-refractivity contribution in [1.82, 2.24) is 4.98 Å². The molecule has 1 aromatic heterocycles. The Kier molecular flexibility index (Phi) is 4.56. The first kappa shape index (κ1) is 16.1. The van der Waals surface area contributed by atoms with E-state index in [9.17, 15) is 18.0 Å². The summed E-state index contributed by atoms with van der Waals surface area (Å²) in [6, 6.07) is 5.02. The molecule has 2 aromatic rings. The van der Waals surface area contributed by atoms with E-state index in [0.717, 1.165) is 6.07 Å². The standard InChI is InChI=1S/C14H9ClF3NO3/c1-21-12-5-10(3-2-8(12)7-20)22-13-11(15)4-9(6-19-13)14(16,17)18/h2-7H,1H3. The minimum absolute atomic E-state index is 0.185. The van der Waals surface area contributed by atoms with Crippen LogP contribution in [0, 0.1) is 0 Å². The molecule has 1 heterocycles. The molecule has 0 radical (unpaired) electrons. The summed E-state index contributed by atoms with van der Waals surface area (Å²) in [6.07, 6.45) is -3.31. The van der Waals surface area contributed by atoms with Crippen molar-refractivity contribution in [3.63, 3.8) is 0 Å². The molecule has 0 atom stereocenters. The molecular formula is C14H9ClF3NO3. The van der Waals surface area contributed by atoms with Crippen LogP contribution in [-0.4, -0.2) is 18.4 Å². The molecule has 8 heteroatoms. The van der Waals surface area contributed by atoms with E-state index in [4.69, 9.17) is 21.1 Å². The zero-order chi connectivity index (χ0) is 16.3. The molecule has 0 bridgehead atoms. The zero-order valence-corrected chi connectivity index (χ0v) is 11.9. The first-order chi connectivity index (χ1) is 10.3. The van der Waals surface area contributed by atoms with Crippen LogP contribution in [0.1, 0.15) is 15.9 Å². The SMILES string of the molecule is COc1cc(Oc2ncc(C(F)(F)F)cc2Cl)ccc1C=O. The Morgan fingerprint density at radius 3 is 2.55 bits per heavy atom. The number of carbonyl (C=O) groups is 1. The van der Waals surface area contributed by atoms with Crippen LogP contribution in [-0.2, 0) is 6.18 Å². The number of rotatable bonds is 4. The molecule has 4 nitrogen and oxygen atoms in total. The second kappa shape index (κ2) is 6.23. The predicted molar refractivity (Wildman–Crippen MR) is 72.7 cm³/mol. The molecule has 1 aromatic carbocycles. The van der Waals surface area contributed by atoms with Gasteiger partial charge in [-0.15, -0.1) is 0 Å². The van der Waals surface area contributed by atoms with Gasteiger partial charge >= 0.3 is 6.18 Å². The second-order valence-electron chi connectivity index (χ2n) is 4.13. The van der Waals surface area contributed by atoms with Gasteiger partial charge in [0.15, 0.2) is 6.29 Å². The molecule has 116 valence electrons. The molecule has 0 aliphatic carbocycles. The molecule has 0 aliphatic rings. The maximum absolute atomic E-state index is 12.5. The van der Waals surface area contributed by atoms with Crippen molar-refractivity contribution in [2.45, 2.75) is 6.18 Å². The van der Waals surface area contributed by atoms with Gasteiger partial charge < -0.3 is 9.47 Å². The molecule has 0 saturated carbocycles. The maximum atomic E-state index is 12.5. The van der Waals surface area contributed by atoms with E-state index in [1.807, 2.05) is 0 Å². The molecule has 0 amide bonds. The number of benzene rings is 1. The first-order valence-electron chi connectivity index (χ1n) is 5.89. The predicted octanol–water partition coefficient (Wildman–Crippen LogP) is 4.37. The van der Waals surface area contributed by atoms with Gasteiger partial charge in [-0.3, -0.25) is 4.79 Å². The van der Waals surface area contributed by atoms with E-state index >= 15 is 0 Å². The topological polar surface area (TPSA) is 48.4 Å². The van der Waals surface area contributed by atoms with Gasteiger partial charge in [-0.2, -0.15) is 13.2 Å². The van der Waals surface area contributed by atoms with Crippen LogP contribution >= 0.6 is 11.6 Å². The van der Waals surface area contributed by atoms with Gasteiger partial charge in [0.1, 0.15) is 16.5 Å². The average molecular weight is 332 g/mol. The normalized spacial score (nSPS) is 11.1. The third kappa shape index (κ3) is 3.48. The summed E-state index contributed by atoms with van der Waals surface area (Å²) in [6.45, 7) is 0. The number of halogens is 4. The summed E-state index contributed by atoms with van der Waals surface area (Å²) in [4.78, 5) is 14.3. The quantitative estimate of drug-likeness (QED) is 0.781. The molecule has 22 heavy (non-hydrogen) atoms. The Bertz CT molecular complexity index is 704. The highest BCUT2D eigenvalue weighted by Gasteiger charge is 2.31. The minimum atomic E-state index is -4.54. The molecule has 0 N–H and O–H groups in total. The van der Waals surface area contributed by atoms with Crippen LogP contribution in [0.4, 0.5) is 13.2 Å². The molecule has 2 rings (SSSR count). The van der Waals surface area contributed by atoms with Gasteiger partial charge in [0.25, 0.3) is 0 Å². The molecule has 0 unspecified atom stereocenters. The zero-order valence-electron chi connectivity index (χ0n) is 11.1. The van der Waals surface area contributed by atoms with Crippen molar-refractivity contribution in [3.8, 4) is 17.4 Å². The number of ether oxygens (including phenoxy) is 2. The lowest BCUT2D eigenvalue weighted by Gasteiger charge is -2.11. The molecule has 0 fully saturated rings. The van der Waals surface area contributed by atoms with Gasteiger partial charge in [0, 0.05) is 12.3 Å². The fourth-order valence-electron chi connectivity index (χ4n) is 1.62. The Hall–Kier alpha value is -2.28. The summed E-state index contributed by atoms with van der Waals surface area (Å²) >= 11 is 5.74. The highest BCUT2D eigenvalue weighted by Crippen LogP contribution is 2.35. The molecule has 0 saturated heterocycles. The third-order valence-electron chi connectivity index (χ3n) is 2.68. The maximum Gasteiger partial charge on any atom is 0.417 e. The van der Waals surface area contributed by atoms with E-state index < -0.39 is 11.7 Å². The summed E-state index contributed by atoms with van der Waals surface area (Å²) in [5.41, 5.74) is -0.667. The minimum Gasteiger partial charge on any atom is -0.496 e. The molecule has 0 spiro atoms. The van der Waals surface area contributed by atoms with Gasteiger partial charge in [0.05, 0.1) is 18.2 Å². The highest BCUT2D eigenvalue weighted by atomic mass is 35.5. The summed E-state index contributed by atoms with van der Waals surface area (Å²) < 4.78 is 47.9. The van der Waals surface area contributed by atoms with Gasteiger partial charge in [-0.05, 0) is 18.2 Å². The van der Waals surface area contributed by atoms with E-state index in [1.54, 1.807) is 0 Å². The third-order valence-corrected chi connectivity index (χ3v) is 2.95. The average Bonchev–Trinajstić information content (AvgIpc) is 2.48. The Balaban J connectivity index is 2.29. The lowest BCUT2D eigenvalue weighted by atomic mass is 10.2. The van der Waals surface area contributed by atoms with Gasteiger partial charge in [-0.25, -0.2) is 4.98 Å². The van der Waals surface area contributed by atoms with E-state index in [1.165, 1.54) is 25.3 Å². The van der Waals surface area contributed by atoms with Crippen LogP contribution in [0.2, 0.25) is 5.02 Å². The van der Waals surface area contributed by atoms with Crippen molar-refractivity contribution in [1.29, 1.82) is 0 Å². The number of nitrogens with zero attached hydrogens (tertiary/aromatic N) is 1. The number of carbonyl (C=O) groups excluding carboxylic acids is 1. The van der Waals surface area contributed by atoms with Crippen LogP contribution in [0.3, 0.4) is 0 Å². The van der Waals surface area contributed by atoms with E-state index in [-0.39, 0.29) is 22.4 Å². The number of pyridine rings is 1. The van der Waals surface area contributed by atoms with Crippen LogP contribution < -0.4 is 9.47 Å². The van der Waals surface area contributed by atoms with Crippen molar-refractivity contribution >= 4 is 17.9 Å². The Morgan fingerprint density at radius 1 is 1.27 bits per heavy atom. The molecule has 0 aliphatic heterocycles. The monoisotopic (exact) mass is 331 g/mol. The summed E-state index contributed by atoms with van der Waals surface area (Å²) in [5, 5.41) is -0.284. The lowest BCUT2D eigenvalue weighted by molar-refractivity contribution is -0.137. The van der Waals surface area contributed by atoms with Crippen molar-refractivity contribution < 1.29 is 27.4 Å². The number of aldehydes is 1. The van der Waals surface area contributed by atoms with Crippen molar-refractivity contribution in [3.05, 3.63) is 46.6 Å². The Morgan fingerprint density at radius 2 is 2.00 bits per heavy atom. The van der Waals surface area contributed by atoms with Crippen LogP contribution in [0.5, 0.6) is 17.4 Å². The van der Waals surface area contributed by atoms with Gasteiger partial charge in [-0.1, -0.05) is 11.6 Å². The van der Waals surface area contributed by atoms with Crippen molar-refractivity contribution in [2.24, 2.45) is 0 Å². The second-order valence-corrected chi connectivity index (χ2v) is 4.54. The van der Waals surface area contributed by atoms with Gasteiger partial charge in [0.2, 0.25) is 5.88 Å². The first-order valence-corrected chi connectivity index (χ1v) is 6.26. The number of alkyl halides is 3. The smallest absolute Gasteiger partial charge is 0.417 e. The fraction of sp³-hybridized carbons (Fsp3) is 0.143. The fourth-order valence-corrected chi connectivity index (χ4v) is 1.82. The number of hydrogen-bond donors (Lipinski definition) is 0. The van der Waals surface area contributed by atoms with E-state index in [0.29, 0.717) is 18.0 Å². The lowest BCUT2D eigenvalue weighted by Crippen LogP contribution is -2.05.